The number of carbonyl (C=O) groups is 1. The summed E-state index contributed by atoms with van der Waals surface area (Å²) in [6, 6.07) is 22.5. The quantitative estimate of drug-likeness (QED) is 0.384. The highest BCUT2D eigenvalue weighted by atomic mass is 35.5. The minimum Gasteiger partial charge on any atom is -0.494 e. The molecule has 0 aliphatic rings. The molecule has 1 amide bonds. The predicted octanol–water partition coefficient (Wildman–Crippen LogP) is 6.76. The normalized spacial score (nSPS) is 11.4. The van der Waals surface area contributed by atoms with Gasteiger partial charge < -0.3 is 10.1 Å². The summed E-state index contributed by atoms with van der Waals surface area (Å²) in [6.07, 6.45) is 0.926. The maximum absolute atomic E-state index is 12.3. The number of nitrogens with one attached hydrogen (secondary N) is 1. The number of carbonyl (C=O) groups excluding carboxylic acids is 1. The smallest absolute Gasteiger partial charge is 0.224 e. The van der Waals surface area contributed by atoms with Crippen molar-refractivity contribution in [2.24, 2.45) is 0 Å². The van der Waals surface area contributed by atoms with E-state index in [1.165, 1.54) is 0 Å². The Kier molecular flexibility index (Phi) is 7.94. The number of para-hydroxylation sites is 1. The molecule has 31 heavy (non-hydrogen) atoms. The molecular weight excluding hydrogens is 431 g/mol. The Bertz CT molecular complexity index is 1080. The highest BCUT2D eigenvalue weighted by molar-refractivity contribution is 6.32. The van der Waals surface area contributed by atoms with E-state index in [-0.39, 0.29) is 5.91 Å². The summed E-state index contributed by atoms with van der Waals surface area (Å²) in [5, 5.41) is 13.6. The number of ether oxygens (including phenoxy) is 1. The molecule has 3 rings (SSSR count). The van der Waals surface area contributed by atoms with E-state index in [4.69, 9.17) is 27.9 Å². The lowest BCUT2D eigenvalue weighted by molar-refractivity contribution is -0.116. The van der Waals surface area contributed by atoms with Crippen LogP contribution in [-0.4, -0.2) is 12.5 Å². The Labute approximate surface area is 192 Å². The van der Waals surface area contributed by atoms with Gasteiger partial charge in [-0.25, -0.2) is 0 Å². The van der Waals surface area contributed by atoms with E-state index in [9.17, 15) is 10.1 Å². The Hall–Kier alpha value is -3.00. The first-order chi connectivity index (χ1) is 15.0. The van der Waals surface area contributed by atoms with E-state index >= 15 is 0 Å². The van der Waals surface area contributed by atoms with Crippen LogP contribution >= 0.6 is 23.2 Å². The van der Waals surface area contributed by atoms with Gasteiger partial charge in [-0.1, -0.05) is 59.6 Å². The van der Waals surface area contributed by atoms with E-state index in [1.807, 2.05) is 55.5 Å². The zero-order chi connectivity index (χ0) is 22.2. The van der Waals surface area contributed by atoms with Crippen LogP contribution < -0.4 is 10.1 Å². The molecule has 0 aliphatic carbocycles. The molecule has 0 saturated carbocycles. The number of halogens is 2. The van der Waals surface area contributed by atoms with Crippen molar-refractivity contribution < 1.29 is 9.53 Å². The number of nitriles is 1. The zero-order valence-corrected chi connectivity index (χ0v) is 18.6. The van der Waals surface area contributed by atoms with E-state index in [1.54, 1.807) is 18.2 Å². The SMILES string of the molecule is Cc1cc([C@H](C#N)c2ccc(Cl)cc2)c(Cl)cc1NC(=O)CCCOc1ccccc1. The van der Waals surface area contributed by atoms with Crippen molar-refractivity contribution in [3.8, 4) is 11.8 Å². The molecule has 0 unspecified atom stereocenters. The molecule has 0 saturated heterocycles. The number of aryl methyl sites for hydroxylation is 1. The molecule has 1 N–H and O–H groups in total. The molecule has 3 aromatic rings. The maximum atomic E-state index is 12.3. The molecule has 1 atom stereocenters. The van der Waals surface area contributed by atoms with Gasteiger partial charge in [0, 0.05) is 22.2 Å². The topological polar surface area (TPSA) is 62.1 Å². The summed E-state index contributed by atoms with van der Waals surface area (Å²) >= 11 is 12.4. The lowest BCUT2D eigenvalue weighted by Crippen LogP contribution is -2.14. The van der Waals surface area contributed by atoms with Gasteiger partial charge in [-0.2, -0.15) is 5.26 Å². The maximum Gasteiger partial charge on any atom is 0.224 e. The van der Waals surface area contributed by atoms with Gasteiger partial charge >= 0.3 is 0 Å². The van der Waals surface area contributed by atoms with Crippen molar-refractivity contribution in [3.05, 3.63) is 93.5 Å². The first-order valence-electron chi connectivity index (χ1n) is 9.90. The Morgan fingerprint density at radius 1 is 1.10 bits per heavy atom. The molecule has 0 heterocycles. The fourth-order valence-electron chi connectivity index (χ4n) is 3.19. The van der Waals surface area contributed by atoms with Crippen molar-refractivity contribution in [1.82, 2.24) is 0 Å². The zero-order valence-electron chi connectivity index (χ0n) is 17.1. The summed E-state index contributed by atoms with van der Waals surface area (Å²) in [5.74, 6) is 0.148. The second-order valence-corrected chi connectivity index (χ2v) is 7.96. The molecule has 158 valence electrons. The van der Waals surface area contributed by atoms with Crippen LogP contribution in [0.15, 0.2) is 66.7 Å². The highest BCUT2D eigenvalue weighted by Crippen LogP contribution is 2.34. The Morgan fingerprint density at radius 3 is 2.48 bits per heavy atom. The molecule has 0 bridgehead atoms. The molecule has 4 nitrogen and oxygen atoms in total. The van der Waals surface area contributed by atoms with Crippen molar-refractivity contribution in [2.75, 3.05) is 11.9 Å². The van der Waals surface area contributed by atoms with Crippen LogP contribution in [0.25, 0.3) is 0 Å². The lowest BCUT2D eigenvalue weighted by Gasteiger charge is -2.16. The van der Waals surface area contributed by atoms with Gasteiger partial charge in [-0.05, 0) is 60.4 Å². The average Bonchev–Trinajstić information content (AvgIpc) is 2.77. The number of hydrogen-bond donors (Lipinski definition) is 1. The largest absolute Gasteiger partial charge is 0.494 e. The fourth-order valence-corrected chi connectivity index (χ4v) is 3.59. The van der Waals surface area contributed by atoms with Gasteiger partial charge in [0.25, 0.3) is 0 Å². The van der Waals surface area contributed by atoms with Crippen LogP contribution in [0.4, 0.5) is 5.69 Å². The van der Waals surface area contributed by atoms with Gasteiger partial charge in [0.05, 0.1) is 18.6 Å². The van der Waals surface area contributed by atoms with Gasteiger partial charge in [0.15, 0.2) is 0 Å². The van der Waals surface area contributed by atoms with E-state index in [0.29, 0.717) is 40.7 Å². The highest BCUT2D eigenvalue weighted by Gasteiger charge is 2.19. The fraction of sp³-hybridized carbons (Fsp3) is 0.200. The molecule has 0 spiro atoms. The monoisotopic (exact) mass is 452 g/mol. The molecule has 0 aliphatic heterocycles. The van der Waals surface area contributed by atoms with Crippen molar-refractivity contribution in [3.63, 3.8) is 0 Å². The van der Waals surface area contributed by atoms with Gasteiger partial charge in [-0.15, -0.1) is 0 Å². The third kappa shape index (κ3) is 6.24. The molecular formula is C25H22Cl2N2O2. The first-order valence-corrected chi connectivity index (χ1v) is 10.7. The van der Waals surface area contributed by atoms with Gasteiger partial charge in [0.1, 0.15) is 5.75 Å². The minimum atomic E-state index is -0.525. The third-order valence-corrected chi connectivity index (χ3v) is 5.40. The van der Waals surface area contributed by atoms with Crippen LogP contribution in [0.5, 0.6) is 5.75 Å². The van der Waals surface area contributed by atoms with Crippen molar-refractivity contribution >= 4 is 34.8 Å². The predicted molar refractivity (Wildman–Crippen MR) is 125 cm³/mol. The van der Waals surface area contributed by atoms with Crippen LogP contribution in [0.2, 0.25) is 10.0 Å². The van der Waals surface area contributed by atoms with Gasteiger partial charge in [0.2, 0.25) is 5.91 Å². The van der Waals surface area contributed by atoms with Crippen LogP contribution in [-0.2, 0) is 4.79 Å². The number of benzene rings is 3. The molecule has 6 heteroatoms. The second-order valence-electron chi connectivity index (χ2n) is 7.12. The number of nitrogens with zero attached hydrogens (tertiary/aromatic N) is 1. The number of anilines is 1. The first kappa shape index (κ1) is 22.7. The Morgan fingerprint density at radius 2 is 1.81 bits per heavy atom. The number of hydrogen-bond acceptors (Lipinski definition) is 3. The second kappa shape index (κ2) is 10.9. The van der Waals surface area contributed by atoms with E-state index in [0.717, 1.165) is 16.9 Å². The van der Waals surface area contributed by atoms with E-state index in [2.05, 4.69) is 11.4 Å². The van der Waals surface area contributed by atoms with Crippen LogP contribution in [0, 0.1) is 18.3 Å². The molecule has 0 aromatic heterocycles. The van der Waals surface area contributed by atoms with Crippen molar-refractivity contribution in [2.45, 2.75) is 25.7 Å². The summed E-state index contributed by atoms with van der Waals surface area (Å²) < 4.78 is 5.61. The van der Waals surface area contributed by atoms with Crippen LogP contribution in [0.1, 0.15) is 35.4 Å². The van der Waals surface area contributed by atoms with Crippen LogP contribution in [0.3, 0.4) is 0 Å². The molecule has 0 radical (unpaired) electrons. The summed E-state index contributed by atoms with van der Waals surface area (Å²) in [4.78, 5) is 12.3. The molecule has 3 aromatic carbocycles. The minimum absolute atomic E-state index is 0.113. The number of amides is 1. The standard InChI is InChI=1S/C25H22Cl2N2O2/c1-17-14-21(22(16-28)18-9-11-19(26)12-10-18)23(27)15-24(17)29-25(30)8-5-13-31-20-6-3-2-4-7-20/h2-4,6-7,9-12,14-15,22H,5,8,13H2,1H3,(H,29,30)/t22-/m1/s1. The van der Waals surface area contributed by atoms with Gasteiger partial charge in [-0.3, -0.25) is 4.79 Å². The van der Waals surface area contributed by atoms with Crippen molar-refractivity contribution in [1.29, 1.82) is 5.26 Å². The summed E-state index contributed by atoms with van der Waals surface area (Å²) in [5.41, 5.74) is 2.97. The third-order valence-electron chi connectivity index (χ3n) is 4.82. The average molecular weight is 453 g/mol. The summed E-state index contributed by atoms with van der Waals surface area (Å²) in [7, 11) is 0. The lowest BCUT2D eigenvalue weighted by atomic mass is 9.91. The number of rotatable bonds is 8. The molecule has 0 fully saturated rings. The summed E-state index contributed by atoms with van der Waals surface area (Å²) in [6.45, 7) is 2.34. The van der Waals surface area contributed by atoms with E-state index < -0.39 is 5.92 Å². The Balaban J connectivity index is 1.62.